The zero-order valence-electron chi connectivity index (χ0n) is 9.80. The fraction of sp³-hybridized carbons (Fsp3) is 0.500. The number of nitrogens with two attached hydrogens (primary N) is 1. The molecular formula is C10H16N6. The monoisotopic (exact) mass is 220 g/mol. The first kappa shape index (κ1) is 10.7. The highest BCUT2D eigenvalue weighted by Crippen LogP contribution is 2.23. The van der Waals surface area contributed by atoms with E-state index in [2.05, 4.69) is 26.8 Å². The molecule has 0 aromatic carbocycles. The lowest BCUT2D eigenvalue weighted by atomic mass is 10.3. The Hall–Kier alpha value is -1.85. The predicted molar refractivity (Wildman–Crippen MR) is 61.7 cm³/mol. The molecule has 0 spiro atoms. The van der Waals surface area contributed by atoms with Crippen LogP contribution in [0.2, 0.25) is 0 Å². The molecular weight excluding hydrogens is 204 g/mol. The molecule has 0 atom stereocenters. The van der Waals surface area contributed by atoms with Crippen LogP contribution in [0.3, 0.4) is 0 Å². The number of hydrogen-bond donors (Lipinski definition) is 1. The van der Waals surface area contributed by atoms with Gasteiger partial charge in [-0.25, -0.2) is 0 Å². The van der Waals surface area contributed by atoms with Crippen LogP contribution in [-0.2, 0) is 13.6 Å². The topological polar surface area (TPSA) is 74.5 Å². The molecule has 0 saturated heterocycles. The Balaban J connectivity index is 2.51. The highest BCUT2D eigenvalue weighted by molar-refractivity contribution is 5.67. The van der Waals surface area contributed by atoms with E-state index < -0.39 is 0 Å². The summed E-state index contributed by atoms with van der Waals surface area (Å²) in [5.41, 5.74) is 6.77. The number of aryl methyl sites for hydroxylation is 2. The van der Waals surface area contributed by atoms with Gasteiger partial charge < -0.3 is 10.3 Å². The van der Waals surface area contributed by atoms with Crippen molar-refractivity contribution in [1.82, 2.24) is 24.5 Å². The van der Waals surface area contributed by atoms with Gasteiger partial charge in [-0.15, -0.1) is 10.2 Å². The van der Waals surface area contributed by atoms with Crippen LogP contribution in [0.1, 0.15) is 19.2 Å². The predicted octanol–water partition coefficient (Wildman–Crippen LogP) is 0.979. The van der Waals surface area contributed by atoms with Crippen LogP contribution < -0.4 is 5.73 Å². The summed E-state index contributed by atoms with van der Waals surface area (Å²) < 4.78 is 3.70. The van der Waals surface area contributed by atoms with E-state index in [-0.39, 0.29) is 0 Å². The van der Waals surface area contributed by atoms with Crippen molar-refractivity contribution in [2.45, 2.75) is 26.8 Å². The van der Waals surface area contributed by atoms with Crippen molar-refractivity contribution in [2.24, 2.45) is 7.05 Å². The SMILES string of the molecule is CCCn1c(C)nnc1-c1cnn(C)c1N. The van der Waals surface area contributed by atoms with E-state index in [0.717, 1.165) is 30.2 Å². The smallest absolute Gasteiger partial charge is 0.169 e. The molecule has 86 valence electrons. The summed E-state index contributed by atoms with van der Waals surface area (Å²) in [7, 11) is 1.81. The molecule has 6 nitrogen and oxygen atoms in total. The first-order valence-electron chi connectivity index (χ1n) is 5.32. The van der Waals surface area contributed by atoms with Gasteiger partial charge in [-0.05, 0) is 13.3 Å². The number of hydrogen-bond acceptors (Lipinski definition) is 4. The Bertz CT molecular complexity index is 495. The summed E-state index contributed by atoms with van der Waals surface area (Å²) in [4.78, 5) is 0. The molecule has 0 amide bonds. The molecule has 2 aromatic heterocycles. The van der Waals surface area contributed by atoms with E-state index in [9.17, 15) is 0 Å². The van der Waals surface area contributed by atoms with Gasteiger partial charge in [0.25, 0.3) is 0 Å². The lowest BCUT2D eigenvalue weighted by Crippen LogP contribution is -2.04. The maximum Gasteiger partial charge on any atom is 0.169 e. The van der Waals surface area contributed by atoms with E-state index in [0.29, 0.717) is 5.82 Å². The first-order chi connectivity index (χ1) is 7.65. The number of nitrogen functional groups attached to an aromatic ring is 1. The lowest BCUT2D eigenvalue weighted by molar-refractivity contribution is 0.663. The second kappa shape index (κ2) is 3.96. The summed E-state index contributed by atoms with van der Waals surface area (Å²) in [6.07, 6.45) is 2.76. The third-order valence-corrected chi connectivity index (χ3v) is 2.61. The van der Waals surface area contributed by atoms with Gasteiger partial charge in [-0.2, -0.15) is 5.10 Å². The number of aromatic nitrogens is 5. The maximum absolute atomic E-state index is 5.93. The average Bonchev–Trinajstić information content (AvgIpc) is 2.76. The molecule has 0 radical (unpaired) electrons. The number of rotatable bonds is 3. The molecule has 6 heteroatoms. The van der Waals surface area contributed by atoms with E-state index in [1.165, 1.54) is 0 Å². The molecule has 2 rings (SSSR count). The van der Waals surface area contributed by atoms with Crippen molar-refractivity contribution in [3.63, 3.8) is 0 Å². The summed E-state index contributed by atoms with van der Waals surface area (Å²) in [5.74, 6) is 2.31. The Morgan fingerprint density at radius 3 is 2.69 bits per heavy atom. The second-order valence-electron chi connectivity index (χ2n) is 3.79. The molecule has 2 aromatic rings. The standard InChI is InChI=1S/C10H16N6/c1-4-5-16-7(2)13-14-10(16)8-6-12-15(3)9(8)11/h6H,4-5,11H2,1-3H3. The Morgan fingerprint density at radius 2 is 2.12 bits per heavy atom. The van der Waals surface area contributed by atoms with Gasteiger partial charge in [0.1, 0.15) is 11.6 Å². The molecule has 0 saturated carbocycles. The molecule has 2 N–H and O–H groups in total. The summed E-state index contributed by atoms with van der Waals surface area (Å²) in [5, 5.41) is 12.4. The minimum atomic E-state index is 0.616. The largest absolute Gasteiger partial charge is 0.383 e. The molecule has 0 aliphatic carbocycles. The molecule has 2 heterocycles. The lowest BCUT2D eigenvalue weighted by Gasteiger charge is -2.06. The van der Waals surface area contributed by atoms with Crippen LogP contribution in [0.15, 0.2) is 6.20 Å². The summed E-state index contributed by atoms with van der Waals surface area (Å²) in [6, 6.07) is 0. The molecule has 0 bridgehead atoms. The quantitative estimate of drug-likeness (QED) is 0.836. The fourth-order valence-corrected chi connectivity index (χ4v) is 1.69. The van der Waals surface area contributed by atoms with E-state index in [4.69, 9.17) is 5.73 Å². The van der Waals surface area contributed by atoms with Gasteiger partial charge in [0.2, 0.25) is 0 Å². The number of anilines is 1. The highest BCUT2D eigenvalue weighted by atomic mass is 15.3. The minimum absolute atomic E-state index is 0.616. The molecule has 0 unspecified atom stereocenters. The first-order valence-corrected chi connectivity index (χ1v) is 5.32. The van der Waals surface area contributed by atoms with Crippen molar-refractivity contribution in [2.75, 3.05) is 5.73 Å². The van der Waals surface area contributed by atoms with Gasteiger partial charge in [-0.3, -0.25) is 4.68 Å². The molecule has 0 fully saturated rings. The van der Waals surface area contributed by atoms with Gasteiger partial charge in [0, 0.05) is 13.6 Å². The van der Waals surface area contributed by atoms with Crippen molar-refractivity contribution in [3.8, 4) is 11.4 Å². The molecule has 16 heavy (non-hydrogen) atoms. The normalized spacial score (nSPS) is 10.9. The van der Waals surface area contributed by atoms with Gasteiger partial charge in [-0.1, -0.05) is 6.92 Å². The third kappa shape index (κ3) is 1.56. The van der Waals surface area contributed by atoms with Crippen LogP contribution in [-0.4, -0.2) is 24.5 Å². The van der Waals surface area contributed by atoms with Crippen molar-refractivity contribution < 1.29 is 0 Å². The van der Waals surface area contributed by atoms with Crippen LogP contribution in [0.25, 0.3) is 11.4 Å². The Labute approximate surface area is 94.1 Å². The van der Waals surface area contributed by atoms with Crippen molar-refractivity contribution in [1.29, 1.82) is 0 Å². The van der Waals surface area contributed by atoms with Gasteiger partial charge in [0.15, 0.2) is 5.82 Å². The highest BCUT2D eigenvalue weighted by Gasteiger charge is 2.15. The van der Waals surface area contributed by atoms with Gasteiger partial charge in [0.05, 0.1) is 11.8 Å². The van der Waals surface area contributed by atoms with Crippen LogP contribution in [0.5, 0.6) is 0 Å². The Morgan fingerprint density at radius 1 is 1.38 bits per heavy atom. The van der Waals surface area contributed by atoms with Gasteiger partial charge >= 0.3 is 0 Å². The zero-order chi connectivity index (χ0) is 11.7. The van der Waals surface area contributed by atoms with Crippen molar-refractivity contribution in [3.05, 3.63) is 12.0 Å². The zero-order valence-corrected chi connectivity index (χ0v) is 9.80. The fourth-order valence-electron chi connectivity index (χ4n) is 1.69. The van der Waals surface area contributed by atoms with Crippen LogP contribution >= 0.6 is 0 Å². The van der Waals surface area contributed by atoms with E-state index in [1.54, 1.807) is 10.9 Å². The molecule has 0 aliphatic heterocycles. The second-order valence-corrected chi connectivity index (χ2v) is 3.79. The van der Waals surface area contributed by atoms with Crippen molar-refractivity contribution >= 4 is 5.82 Å². The summed E-state index contributed by atoms with van der Waals surface area (Å²) >= 11 is 0. The van der Waals surface area contributed by atoms with E-state index >= 15 is 0 Å². The maximum atomic E-state index is 5.93. The van der Waals surface area contributed by atoms with Crippen LogP contribution in [0, 0.1) is 6.92 Å². The third-order valence-electron chi connectivity index (χ3n) is 2.61. The summed E-state index contributed by atoms with van der Waals surface area (Å²) in [6.45, 7) is 4.96. The number of nitrogens with zero attached hydrogens (tertiary/aromatic N) is 5. The average molecular weight is 220 g/mol. The molecule has 0 aliphatic rings. The van der Waals surface area contributed by atoms with Crippen LogP contribution in [0.4, 0.5) is 5.82 Å². The minimum Gasteiger partial charge on any atom is -0.383 e. The van der Waals surface area contributed by atoms with E-state index in [1.807, 2.05) is 14.0 Å². The Kier molecular flexibility index (Phi) is 2.64.